The molecule has 0 heterocycles. The highest BCUT2D eigenvalue weighted by Crippen LogP contribution is 2.45. The molecule has 0 amide bonds. The molecule has 0 aliphatic carbocycles. The highest BCUT2D eigenvalue weighted by Gasteiger charge is 2.18. The normalized spacial score (nSPS) is 11.3. The number of hydrogen-bond acceptors (Lipinski definition) is 0. The van der Waals surface area contributed by atoms with Crippen LogP contribution in [0.2, 0.25) is 0 Å². The van der Waals surface area contributed by atoms with Crippen LogP contribution in [0.3, 0.4) is 0 Å². The van der Waals surface area contributed by atoms with E-state index in [4.69, 9.17) is 0 Å². The van der Waals surface area contributed by atoms with Crippen molar-refractivity contribution in [3.63, 3.8) is 0 Å². The molecule has 0 aliphatic heterocycles. The van der Waals surface area contributed by atoms with Gasteiger partial charge in [-0.15, -0.1) is 0 Å². The lowest BCUT2D eigenvalue weighted by atomic mass is 9.84. The van der Waals surface area contributed by atoms with Crippen molar-refractivity contribution in [2.45, 2.75) is 0 Å². The van der Waals surface area contributed by atoms with Crippen LogP contribution in [0.25, 0.3) is 88.0 Å². The Morgan fingerprint density at radius 1 is 0.208 bits per heavy atom. The molecule has 9 rings (SSSR count). The Morgan fingerprint density at radius 2 is 0.667 bits per heavy atom. The van der Waals surface area contributed by atoms with Crippen molar-refractivity contribution < 1.29 is 0 Å². The number of hydrogen-bond donors (Lipinski definition) is 0. The van der Waals surface area contributed by atoms with Crippen LogP contribution in [0.5, 0.6) is 0 Å². The lowest BCUT2D eigenvalue weighted by Crippen LogP contribution is -1.92. The van der Waals surface area contributed by atoms with E-state index in [1.54, 1.807) is 0 Å². The molecule has 0 spiro atoms. The smallest absolute Gasteiger partial charge is 0.00201 e. The summed E-state index contributed by atoms with van der Waals surface area (Å²) >= 11 is 0. The predicted molar refractivity (Wildman–Crippen MR) is 206 cm³/mol. The van der Waals surface area contributed by atoms with E-state index in [0.29, 0.717) is 0 Å². The summed E-state index contributed by atoms with van der Waals surface area (Å²) in [6, 6.07) is 70.6. The Bertz CT molecular complexity index is 2510. The van der Waals surface area contributed by atoms with Gasteiger partial charge in [0, 0.05) is 0 Å². The lowest BCUT2D eigenvalue weighted by molar-refractivity contribution is 1.56. The Hall–Kier alpha value is -6.24. The standard InChI is InChI=1S/C48H32/c1-3-14-33(15-4-1)38-30-31-40(46(32-38)35-16-5-2-6-17-35)36-26-28-37(29-27-36)47-42-21-9-11-23-44(42)48(45-24-12-10-22-43(45)47)41-25-13-19-34-18-7-8-20-39(34)41/h1-32H. The predicted octanol–water partition coefficient (Wildman–Crippen LogP) is 13.5. The van der Waals surface area contributed by atoms with Crippen molar-refractivity contribution in [2.75, 3.05) is 0 Å². The summed E-state index contributed by atoms with van der Waals surface area (Å²) in [5.41, 5.74) is 12.4. The molecule has 0 aromatic heterocycles. The molecule has 0 heteroatoms. The molecule has 0 radical (unpaired) electrons. The van der Waals surface area contributed by atoms with Crippen LogP contribution < -0.4 is 0 Å². The van der Waals surface area contributed by atoms with E-state index in [-0.39, 0.29) is 0 Å². The second kappa shape index (κ2) is 11.8. The topological polar surface area (TPSA) is 0 Å². The molecular formula is C48H32. The van der Waals surface area contributed by atoms with Crippen molar-refractivity contribution in [1.29, 1.82) is 0 Å². The lowest BCUT2D eigenvalue weighted by Gasteiger charge is -2.19. The molecule has 9 aromatic carbocycles. The summed E-state index contributed by atoms with van der Waals surface area (Å²) in [6.45, 7) is 0. The first-order valence-electron chi connectivity index (χ1n) is 16.6. The van der Waals surface area contributed by atoms with E-state index in [2.05, 4.69) is 194 Å². The van der Waals surface area contributed by atoms with Gasteiger partial charge in [0.2, 0.25) is 0 Å². The number of rotatable bonds is 5. The first kappa shape index (κ1) is 28.0. The molecule has 0 atom stereocenters. The molecule has 0 saturated heterocycles. The van der Waals surface area contributed by atoms with Crippen LogP contribution in [0.4, 0.5) is 0 Å². The average Bonchev–Trinajstić information content (AvgIpc) is 3.17. The molecule has 224 valence electrons. The van der Waals surface area contributed by atoms with Gasteiger partial charge in [-0.25, -0.2) is 0 Å². The summed E-state index contributed by atoms with van der Waals surface area (Å²) < 4.78 is 0. The van der Waals surface area contributed by atoms with Crippen molar-refractivity contribution >= 4 is 32.3 Å². The monoisotopic (exact) mass is 608 g/mol. The molecule has 0 unspecified atom stereocenters. The van der Waals surface area contributed by atoms with E-state index in [1.165, 1.54) is 88.0 Å². The van der Waals surface area contributed by atoms with Gasteiger partial charge in [0.25, 0.3) is 0 Å². The fourth-order valence-corrected chi connectivity index (χ4v) is 7.45. The molecule has 0 nitrogen and oxygen atoms in total. The van der Waals surface area contributed by atoms with Crippen LogP contribution in [0.1, 0.15) is 0 Å². The summed E-state index contributed by atoms with van der Waals surface area (Å²) in [5.74, 6) is 0. The second-order valence-corrected chi connectivity index (χ2v) is 12.4. The Balaban J connectivity index is 1.23. The zero-order valence-corrected chi connectivity index (χ0v) is 26.5. The van der Waals surface area contributed by atoms with Gasteiger partial charge < -0.3 is 0 Å². The quantitative estimate of drug-likeness (QED) is 0.171. The minimum Gasteiger partial charge on any atom is -0.0622 e. The van der Waals surface area contributed by atoms with Gasteiger partial charge in [0.15, 0.2) is 0 Å². The van der Waals surface area contributed by atoms with Gasteiger partial charge in [0.05, 0.1) is 0 Å². The summed E-state index contributed by atoms with van der Waals surface area (Å²) in [6.07, 6.45) is 0. The van der Waals surface area contributed by atoms with Crippen molar-refractivity contribution in [2.24, 2.45) is 0 Å². The first-order chi connectivity index (χ1) is 23.8. The van der Waals surface area contributed by atoms with Gasteiger partial charge in [-0.2, -0.15) is 0 Å². The number of benzene rings is 9. The van der Waals surface area contributed by atoms with E-state index in [1.807, 2.05) is 0 Å². The third kappa shape index (κ3) is 4.78. The fraction of sp³-hybridized carbons (Fsp3) is 0. The summed E-state index contributed by atoms with van der Waals surface area (Å²) in [4.78, 5) is 0. The van der Waals surface area contributed by atoms with E-state index < -0.39 is 0 Å². The minimum atomic E-state index is 1.21. The van der Waals surface area contributed by atoms with Crippen molar-refractivity contribution in [3.8, 4) is 55.6 Å². The molecule has 48 heavy (non-hydrogen) atoms. The van der Waals surface area contributed by atoms with Crippen LogP contribution >= 0.6 is 0 Å². The molecule has 0 saturated carbocycles. The van der Waals surface area contributed by atoms with Gasteiger partial charge >= 0.3 is 0 Å². The molecular weight excluding hydrogens is 577 g/mol. The first-order valence-corrected chi connectivity index (χ1v) is 16.6. The summed E-state index contributed by atoms with van der Waals surface area (Å²) in [5, 5.41) is 7.62. The summed E-state index contributed by atoms with van der Waals surface area (Å²) in [7, 11) is 0. The maximum Gasteiger partial charge on any atom is -0.00201 e. The molecule has 0 fully saturated rings. The Labute approximate surface area is 281 Å². The van der Waals surface area contributed by atoms with E-state index >= 15 is 0 Å². The Morgan fingerprint density at radius 3 is 1.31 bits per heavy atom. The molecule has 0 aliphatic rings. The maximum absolute atomic E-state index is 2.33. The zero-order valence-electron chi connectivity index (χ0n) is 26.5. The maximum atomic E-state index is 2.33. The molecule has 9 aromatic rings. The highest BCUT2D eigenvalue weighted by atomic mass is 14.2. The van der Waals surface area contributed by atoms with Crippen LogP contribution in [0.15, 0.2) is 194 Å². The van der Waals surface area contributed by atoms with Crippen LogP contribution in [-0.2, 0) is 0 Å². The highest BCUT2D eigenvalue weighted by molar-refractivity contribution is 6.23. The zero-order chi connectivity index (χ0) is 31.9. The van der Waals surface area contributed by atoms with Gasteiger partial charge in [-0.05, 0) is 94.0 Å². The average molecular weight is 609 g/mol. The molecule has 0 N–H and O–H groups in total. The number of fused-ring (bicyclic) bond motifs is 3. The largest absolute Gasteiger partial charge is 0.0622 e. The van der Waals surface area contributed by atoms with Crippen LogP contribution in [0, 0.1) is 0 Å². The SMILES string of the molecule is c1ccc(-c2ccc(-c3ccc(-c4c5ccccc5c(-c5cccc6ccccc56)c5ccccc45)cc3)c(-c3ccccc3)c2)cc1. The van der Waals surface area contributed by atoms with E-state index in [0.717, 1.165) is 0 Å². The van der Waals surface area contributed by atoms with Crippen molar-refractivity contribution in [3.05, 3.63) is 194 Å². The minimum absolute atomic E-state index is 1.21. The van der Waals surface area contributed by atoms with Gasteiger partial charge in [-0.1, -0.05) is 188 Å². The van der Waals surface area contributed by atoms with E-state index in [9.17, 15) is 0 Å². The second-order valence-electron chi connectivity index (χ2n) is 12.4. The third-order valence-corrected chi connectivity index (χ3v) is 9.69. The van der Waals surface area contributed by atoms with Gasteiger partial charge in [-0.3, -0.25) is 0 Å². The van der Waals surface area contributed by atoms with Crippen molar-refractivity contribution in [1.82, 2.24) is 0 Å². The van der Waals surface area contributed by atoms with Gasteiger partial charge in [0.1, 0.15) is 0 Å². The fourth-order valence-electron chi connectivity index (χ4n) is 7.45. The Kier molecular flexibility index (Phi) is 6.91. The van der Waals surface area contributed by atoms with Crippen LogP contribution in [-0.4, -0.2) is 0 Å². The third-order valence-electron chi connectivity index (χ3n) is 9.69. The molecule has 0 bridgehead atoms.